The number of imidazole rings is 1. The van der Waals surface area contributed by atoms with Crippen LogP contribution in [0.2, 0.25) is 0 Å². The van der Waals surface area contributed by atoms with Gasteiger partial charge in [0.15, 0.2) is 11.5 Å². The maximum atomic E-state index is 10.4. The molecule has 3 aromatic rings. The van der Waals surface area contributed by atoms with Gasteiger partial charge in [0.2, 0.25) is 0 Å². The van der Waals surface area contributed by atoms with Crippen molar-refractivity contribution in [2.24, 2.45) is 0 Å². The molecule has 24 heavy (non-hydrogen) atoms. The van der Waals surface area contributed by atoms with Gasteiger partial charge in [0, 0.05) is 6.42 Å². The van der Waals surface area contributed by atoms with Gasteiger partial charge in [-0.25, -0.2) is 4.98 Å². The largest absolute Gasteiger partial charge is 0.493 e. The van der Waals surface area contributed by atoms with Crippen LogP contribution < -0.4 is 9.47 Å². The molecule has 1 N–H and O–H groups in total. The fourth-order valence-electron chi connectivity index (χ4n) is 2.79. The number of aryl methyl sites for hydroxylation is 1. The van der Waals surface area contributed by atoms with Crippen LogP contribution in [0.1, 0.15) is 12.7 Å². The average Bonchev–Trinajstić information content (AvgIpc) is 2.98. The minimum atomic E-state index is -0.641. The molecule has 126 valence electrons. The van der Waals surface area contributed by atoms with E-state index >= 15 is 0 Å². The topological polar surface area (TPSA) is 56.5 Å². The van der Waals surface area contributed by atoms with E-state index in [2.05, 4.69) is 16.5 Å². The highest BCUT2D eigenvalue weighted by Gasteiger charge is 2.14. The van der Waals surface area contributed by atoms with Gasteiger partial charge in [0.05, 0.1) is 24.7 Å². The number of methoxy groups -OCH3 is 1. The number of aliphatic hydroxyl groups is 1. The normalized spacial score (nSPS) is 12.3. The van der Waals surface area contributed by atoms with E-state index in [1.807, 2.05) is 48.5 Å². The summed E-state index contributed by atoms with van der Waals surface area (Å²) < 4.78 is 13.0. The Morgan fingerprint density at radius 2 is 1.79 bits per heavy atom. The van der Waals surface area contributed by atoms with E-state index in [0.717, 1.165) is 23.3 Å². The Morgan fingerprint density at radius 1 is 1.08 bits per heavy atom. The third-order valence-corrected chi connectivity index (χ3v) is 3.94. The lowest BCUT2D eigenvalue weighted by Crippen LogP contribution is -2.24. The molecule has 0 radical (unpaired) electrons. The van der Waals surface area contributed by atoms with Crippen molar-refractivity contribution < 1.29 is 14.6 Å². The molecular formula is C19H22N2O3. The highest BCUT2D eigenvalue weighted by atomic mass is 16.5. The minimum absolute atomic E-state index is 0.191. The highest BCUT2D eigenvalue weighted by molar-refractivity contribution is 5.75. The van der Waals surface area contributed by atoms with Crippen molar-refractivity contribution in [1.82, 2.24) is 9.55 Å². The number of benzene rings is 2. The summed E-state index contributed by atoms with van der Waals surface area (Å²) in [6, 6.07) is 15.4. The van der Waals surface area contributed by atoms with Gasteiger partial charge in [-0.15, -0.1) is 0 Å². The molecule has 0 bridgehead atoms. The van der Waals surface area contributed by atoms with E-state index in [1.54, 1.807) is 7.11 Å². The molecule has 1 atom stereocenters. The standard InChI is InChI=1S/C19H22N2O3/c1-3-19-20-15-8-4-5-9-16(15)21(19)12-14(22)13-24-18-11-7-6-10-17(18)23-2/h4-11,14,22H,3,12-13H2,1-2H3/t14-/m0/s1. The Kier molecular flexibility index (Phi) is 5.01. The van der Waals surface area contributed by atoms with E-state index in [0.29, 0.717) is 18.0 Å². The van der Waals surface area contributed by atoms with Crippen molar-refractivity contribution in [1.29, 1.82) is 0 Å². The van der Waals surface area contributed by atoms with Crippen molar-refractivity contribution in [3.05, 3.63) is 54.4 Å². The Morgan fingerprint density at radius 3 is 2.54 bits per heavy atom. The molecule has 0 aliphatic heterocycles. The van der Waals surface area contributed by atoms with E-state index in [1.165, 1.54) is 0 Å². The van der Waals surface area contributed by atoms with Crippen LogP contribution in [0.5, 0.6) is 11.5 Å². The molecule has 0 unspecified atom stereocenters. The second kappa shape index (κ2) is 7.36. The maximum Gasteiger partial charge on any atom is 0.161 e. The molecule has 0 aliphatic carbocycles. The summed E-state index contributed by atoms with van der Waals surface area (Å²) in [7, 11) is 1.60. The average molecular weight is 326 g/mol. The molecule has 5 nitrogen and oxygen atoms in total. The van der Waals surface area contributed by atoms with Crippen LogP contribution in [0, 0.1) is 0 Å². The molecule has 0 amide bonds. The van der Waals surface area contributed by atoms with Crippen molar-refractivity contribution in [2.75, 3.05) is 13.7 Å². The lowest BCUT2D eigenvalue weighted by atomic mass is 10.3. The van der Waals surface area contributed by atoms with E-state index in [9.17, 15) is 5.11 Å². The Balaban J connectivity index is 1.72. The first-order valence-corrected chi connectivity index (χ1v) is 8.11. The molecular weight excluding hydrogens is 304 g/mol. The smallest absolute Gasteiger partial charge is 0.161 e. The second-order valence-corrected chi connectivity index (χ2v) is 5.60. The summed E-state index contributed by atoms with van der Waals surface area (Å²) >= 11 is 0. The minimum Gasteiger partial charge on any atom is -0.493 e. The number of para-hydroxylation sites is 4. The monoisotopic (exact) mass is 326 g/mol. The van der Waals surface area contributed by atoms with Gasteiger partial charge in [0.25, 0.3) is 0 Å². The first kappa shape index (κ1) is 16.3. The lowest BCUT2D eigenvalue weighted by molar-refractivity contribution is 0.0912. The first-order valence-electron chi connectivity index (χ1n) is 8.11. The first-order chi connectivity index (χ1) is 11.7. The number of fused-ring (bicyclic) bond motifs is 1. The molecule has 2 aromatic carbocycles. The highest BCUT2D eigenvalue weighted by Crippen LogP contribution is 2.26. The summed E-state index contributed by atoms with van der Waals surface area (Å²) in [6.45, 7) is 2.70. The number of aromatic nitrogens is 2. The molecule has 0 spiro atoms. The van der Waals surface area contributed by atoms with Crippen molar-refractivity contribution in [3.8, 4) is 11.5 Å². The summed E-state index contributed by atoms with van der Waals surface area (Å²) in [5, 5.41) is 10.4. The van der Waals surface area contributed by atoms with Crippen molar-refractivity contribution in [3.63, 3.8) is 0 Å². The zero-order valence-corrected chi connectivity index (χ0v) is 14.0. The number of aliphatic hydroxyl groups excluding tert-OH is 1. The van der Waals surface area contributed by atoms with Crippen LogP contribution in [0.4, 0.5) is 0 Å². The Hall–Kier alpha value is -2.53. The molecule has 0 saturated carbocycles. The van der Waals surface area contributed by atoms with Gasteiger partial charge in [-0.2, -0.15) is 0 Å². The number of nitrogens with zero attached hydrogens (tertiary/aromatic N) is 2. The van der Waals surface area contributed by atoms with Crippen LogP contribution in [0.3, 0.4) is 0 Å². The second-order valence-electron chi connectivity index (χ2n) is 5.60. The molecule has 0 aliphatic rings. The summed E-state index contributed by atoms with van der Waals surface area (Å²) in [5.41, 5.74) is 1.98. The van der Waals surface area contributed by atoms with Crippen molar-refractivity contribution >= 4 is 11.0 Å². The van der Waals surface area contributed by atoms with E-state index < -0.39 is 6.10 Å². The number of hydrogen-bond donors (Lipinski definition) is 1. The van der Waals surface area contributed by atoms with Crippen molar-refractivity contribution in [2.45, 2.75) is 26.0 Å². The fourth-order valence-corrected chi connectivity index (χ4v) is 2.79. The van der Waals surface area contributed by atoms with Gasteiger partial charge in [0.1, 0.15) is 18.5 Å². The van der Waals surface area contributed by atoms with Gasteiger partial charge >= 0.3 is 0 Å². The van der Waals surface area contributed by atoms with Crippen LogP contribution >= 0.6 is 0 Å². The zero-order chi connectivity index (χ0) is 16.9. The van der Waals surface area contributed by atoms with E-state index in [-0.39, 0.29) is 6.61 Å². The predicted octanol–water partition coefficient (Wildman–Crippen LogP) is 3.05. The zero-order valence-electron chi connectivity index (χ0n) is 14.0. The predicted molar refractivity (Wildman–Crippen MR) is 93.6 cm³/mol. The molecule has 0 saturated heterocycles. The van der Waals surface area contributed by atoms with Crippen LogP contribution in [-0.2, 0) is 13.0 Å². The molecule has 5 heteroatoms. The van der Waals surface area contributed by atoms with E-state index in [4.69, 9.17) is 9.47 Å². The van der Waals surface area contributed by atoms with Gasteiger partial charge in [-0.3, -0.25) is 0 Å². The number of rotatable bonds is 7. The molecule has 0 fully saturated rings. The van der Waals surface area contributed by atoms with Crippen LogP contribution in [-0.4, -0.2) is 34.5 Å². The van der Waals surface area contributed by atoms with Gasteiger partial charge in [-0.1, -0.05) is 31.2 Å². The Bertz CT molecular complexity index is 813. The van der Waals surface area contributed by atoms with Crippen LogP contribution in [0.15, 0.2) is 48.5 Å². The third-order valence-electron chi connectivity index (χ3n) is 3.94. The quantitative estimate of drug-likeness (QED) is 0.725. The fraction of sp³-hybridized carbons (Fsp3) is 0.316. The SMILES string of the molecule is CCc1nc2ccccc2n1C[C@H](O)COc1ccccc1OC. The summed E-state index contributed by atoms with van der Waals surface area (Å²) in [4.78, 5) is 4.62. The number of hydrogen-bond acceptors (Lipinski definition) is 4. The van der Waals surface area contributed by atoms with Crippen LogP contribution in [0.25, 0.3) is 11.0 Å². The van der Waals surface area contributed by atoms with Gasteiger partial charge < -0.3 is 19.1 Å². The molecule has 3 rings (SSSR count). The number of ether oxygens (including phenoxy) is 2. The Labute approximate surface area is 141 Å². The lowest BCUT2D eigenvalue weighted by Gasteiger charge is -2.16. The molecule has 1 heterocycles. The third kappa shape index (κ3) is 3.36. The van der Waals surface area contributed by atoms with Gasteiger partial charge in [-0.05, 0) is 24.3 Å². The summed E-state index contributed by atoms with van der Waals surface area (Å²) in [6.07, 6.45) is 0.173. The molecule has 1 aromatic heterocycles. The maximum absolute atomic E-state index is 10.4. The summed E-state index contributed by atoms with van der Waals surface area (Å²) in [5.74, 6) is 2.25.